The highest BCUT2D eigenvalue weighted by Gasteiger charge is 2.38. The van der Waals surface area contributed by atoms with Crippen molar-refractivity contribution in [3.8, 4) is 28.0 Å². The summed E-state index contributed by atoms with van der Waals surface area (Å²) < 4.78 is 6.34. The predicted octanol–water partition coefficient (Wildman–Crippen LogP) is 9.74. The molecule has 0 saturated carbocycles. The van der Waals surface area contributed by atoms with Gasteiger partial charge in [0.05, 0.1) is 0 Å². The Kier molecular flexibility index (Phi) is 7.63. The van der Waals surface area contributed by atoms with E-state index < -0.39 is 8.80 Å². The van der Waals surface area contributed by atoms with E-state index >= 15 is 0 Å². The standard InChI is InChI=1S/C35H46OSi/c1-11-19-36-32-23(4)15-14-16-26(32)29-21-25(35(8,9)10)22-30-28-20-24(34(5,6)7)17-18-27(28)33(31(29)30)37(12-2)13-3/h11,14-18,20-22,33,37H,1,12-13,19H2,2-10H3. The molecule has 0 heterocycles. The Bertz CT molecular complexity index is 1300. The SMILES string of the molecule is C=CCOc1c(C)cccc1-c1cc(C(C)(C)C)cc2c1C([SiH](CC)CC)c1ccc(C(C)(C)C)cc1-2. The van der Waals surface area contributed by atoms with Crippen molar-refractivity contribution in [1.29, 1.82) is 0 Å². The van der Waals surface area contributed by atoms with E-state index in [2.05, 4.69) is 117 Å². The van der Waals surface area contributed by atoms with Crippen molar-refractivity contribution in [3.05, 3.63) is 89.0 Å². The fourth-order valence-corrected chi connectivity index (χ4v) is 9.15. The monoisotopic (exact) mass is 510 g/mol. The predicted molar refractivity (Wildman–Crippen MR) is 165 cm³/mol. The van der Waals surface area contributed by atoms with Gasteiger partial charge >= 0.3 is 0 Å². The fraction of sp³-hybridized carbons (Fsp3) is 0.429. The Balaban J connectivity index is 2.12. The topological polar surface area (TPSA) is 9.23 Å². The lowest BCUT2D eigenvalue weighted by Gasteiger charge is -2.28. The van der Waals surface area contributed by atoms with E-state index in [1.54, 1.807) is 11.1 Å². The van der Waals surface area contributed by atoms with Crippen molar-refractivity contribution in [2.75, 3.05) is 6.61 Å². The molecular formula is C35H46OSi. The average molecular weight is 511 g/mol. The molecule has 0 radical (unpaired) electrons. The summed E-state index contributed by atoms with van der Waals surface area (Å²) in [6, 6.07) is 21.6. The molecule has 0 saturated heterocycles. The minimum atomic E-state index is -1.09. The maximum Gasteiger partial charge on any atom is 0.130 e. The largest absolute Gasteiger partial charge is 0.489 e. The van der Waals surface area contributed by atoms with Crippen LogP contribution in [0.1, 0.15) is 88.7 Å². The number of ether oxygens (including phenoxy) is 1. The van der Waals surface area contributed by atoms with E-state index in [1.807, 2.05) is 6.08 Å². The Morgan fingerprint density at radius 1 is 0.811 bits per heavy atom. The summed E-state index contributed by atoms with van der Waals surface area (Å²) in [5.74, 6) is 0.993. The first-order chi connectivity index (χ1) is 17.4. The lowest BCUT2D eigenvalue weighted by Crippen LogP contribution is -2.22. The lowest BCUT2D eigenvalue weighted by atomic mass is 9.81. The minimum Gasteiger partial charge on any atom is -0.489 e. The van der Waals surface area contributed by atoms with Crippen LogP contribution in [0.2, 0.25) is 12.1 Å². The second kappa shape index (κ2) is 10.3. The van der Waals surface area contributed by atoms with Gasteiger partial charge in [0.25, 0.3) is 0 Å². The summed E-state index contributed by atoms with van der Waals surface area (Å²) in [7, 11) is -1.09. The molecule has 37 heavy (non-hydrogen) atoms. The van der Waals surface area contributed by atoms with Crippen molar-refractivity contribution < 1.29 is 4.74 Å². The number of hydrogen-bond donors (Lipinski definition) is 0. The number of para-hydroxylation sites is 1. The molecule has 1 aliphatic carbocycles. The van der Waals surface area contributed by atoms with Crippen LogP contribution in [0, 0.1) is 6.92 Å². The van der Waals surface area contributed by atoms with Gasteiger partial charge in [0.15, 0.2) is 0 Å². The Morgan fingerprint density at radius 2 is 1.41 bits per heavy atom. The molecule has 0 aliphatic heterocycles. The molecule has 0 amide bonds. The van der Waals surface area contributed by atoms with Crippen molar-refractivity contribution in [2.24, 2.45) is 0 Å². The second-order valence-corrected chi connectivity index (χ2v) is 16.7. The van der Waals surface area contributed by atoms with Gasteiger partial charge in [-0.2, -0.15) is 0 Å². The summed E-state index contributed by atoms with van der Waals surface area (Å²) >= 11 is 0. The third-order valence-corrected chi connectivity index (χ3v) is 12.0. The number of benzene rings is 3. The normalized spacial score (nSPS) is 15.0. The second-order valence-electron chi connectivity index (χ2n) is 12.9. The first-order valence-corrected chi connectivity index (χ1v) is 16.4. The molecule has 1 unspecified atom stereocenters. The summed E-state index contributed by atoms with van der Waals surface area (Å²) in [5.41, 5.74) is 13.2. The summed E-state index contributed by atoms with van der Waals surface area (Å²) in [5, 5.41) is 0. The van der Waals surface area contributed by atoms with E-state index in [0.717, 1.165) is 5.75 Å². The maximum absolute atomic E-state index is 6.34. The number of rotatable bonds is 7. The lowest BCUT2D eigenvalue weighted by molar-refractivity contribution is 0.362. The molecule has 0 N–H and O–H groups in total. The molecule has 1 nitrogen and oxygen atoms in total. The Hall–Kier alpha value is -2.58. The van der Waals surface area contributed by atoms with E-state index in [-0.39, 0.29) is 10.8 Å². The molecular weight excluding hydrogens is 464 g/mol. The first-order valence-electron chi connectivity index (χ1n) is 14.1. The van der Waals surface area contributed by atoms with Crippen molar-refractivity contribution in [2.45, 2.75) is 90.8 Å². The van der Waals surface area contributed by atoms with Crippen LogP contribution in [0.3, 0.4) is 0 Å². The molecule has 4 rings (SSSR count). The zero-order chi connectivity index (χ0) is 27.1. The van der Waals surface area contributed by atoms with Gasteiger partial charge in [-0.05, 0) is 62.3 Å². The van der Waals surface area contributed by atoms with Crippen molar-refractivity contribution in [1.82, 2.24) is 0 Å². The molecule has 0 fully saturated rings. The van der Waals surface area contributed by atoms with Gasteiger partial charge < -0.3 is 4.74 Å². The molecule has 2 heteroatoms. The number of fused-ring (bicyclic) bond motifs is 3. The summed E-state index contributed by atoms with van der Waals surface area (Å²) in [6.07, 6.45) is 1.84. The summed E-state index contributed by atoms with van der Waals surface area (Å²) in [6.45, 7) is 25.4. The highest BCUT2D eigenvalue weighted by Crippen LogP contribution is 2.54. The van der Waals surface area contributed by atoms with Crippen LogP contribution in [0.4, 0.5) is 0 Å². The highest BCUT2D eigenvalue weighted by molar-refractivity contribution is 6.61. The van der Waals surface area contributed by atoms with Gasteiger partial charge in [-0.25, -0.2) is 0 Å². The molecule has 0 bridgehead atoms. The van der Waals surface area contributed by atoms with Crippen molar-refractivity contribution >= 4 is 8.80 Å². The van der Waals surface area contributed by atoms with Crippen LogP contribution in [-0.2, 0) is 10.8 Å². The van der Waals surface area contributed by atoms with E-state index in [1.165, 1.54) is 51.0 Å². The molecule has 3 aromatic carbocycles. The van der Waals surface area contributed by atoms with Gasteiger partial charge in [0.1, 0.15) is 12.4 Å². The van der Waals surface area contributed by atoms with Crippen LogP contribution >= 0.6 is 0 Å². The molecule has 1 aliphatic rings. The highest BCUT2D eigenvalue weighted by atomic mass is 28.3. The van der Waals surface area contributed by atoms with Gasteiger partial charge in [-0.15, -0.1) is 0 Å². The smallest absolute Gasteiger partial charge is 0.130 e. The minimum absolute atomic E-state index is 0.0436. The van der Waals surface area contributed by atoms with Crippen molar-refractivity contribution in [3.63, 3.8) is 0 Å². The average Bonchev–Trinajstić information content (AvgIpc) is 3.16. The van der Waals surface area contributed by atoms with Gasteiger partial charge in [-0.1, -0.05) is 129 Å². The summed E-state index contributed by atoms with van der Waals surface area (Å²) in [4.78, 5) is 0. The Morgan fingerprint density at radius 3 is 1.97 bits per heavy atom. The maximum atomic E-state index is 6.34. The molecule has 196 valence electrons. The zero-order valence-electron chi connectivity index (χ0n) is 24.6. The first kappa shape index (κ1) is 27.5. The molecule has 0 spiro atoms. The van der Waals surface area contributed by atoms with Crippen LogP contribution < -0.4 is 4.74 Å². The van der Waals surface area contributed by atoms with Gasteiger partial charge in [0, 0.05) is 19.9 Å². The van der Waals surface area contributed by atoms with Crippen LogP contribution in [-0.4, -0.2) is 15.4 Å². The molecule has 0 aromatic heterocycles. The van der Waals surface area contributed by atoms with Gasteiger partial charge in [0.2, 0.25) is 0 Å². The fourth-order valence-electron chi connectivity index (χ4n) is 6.00. The zero-order valence-corrected chi connectivity index (χ0v) is 25.7. The van der Waals surface area contributed by atoms with Gasteiger partial charge in [-0.3, -0.25) is 0 Å². The number of hydrogen-bond acceptors (Lipinski definition) is 1. The van der Waals surface area contributed by atoms with E-state index in [4.69, 9.17) is 4.74 Å². The molecule has 1 atom stereocenters. The van der Waals surface area contributed by atoms with Crippen LogP contribution in [0.5, 0.6) is 5.75 Å². The van der Waals surface area contributed by atoms with Crippen LogP contribution in [0.15, 0.2) is 61.2 Å². The third kappa shape index (κ3) is 5.10. The third-order valence-electron chi connectivity index (χ3n) is 8.27. The quantitative estimate of drug-likeness (QED) is 0.227. The number of aryl methyl sites for hydroxylation is 1. The van der Waals surface area contributed by atoms with Crippen LogP contribution in [0.25, 0.3) is 22.3 Å². The Labute approximate surface area is 227 Å². The van der Waals surface area contributed by atoms with E-state index in [0.29, 0.717) is 12.1 Å². The molecule has 3 aromatic rings. The van der Waals surface area contributed by atoms with E-state index in [9.17, 15) is 0 Å².